The van der Waals surface area contributed by atoms with Gasteiger partial charge in [-0.15, -0.1) is 0 Å². The van der Waals surface area contributed by atoms with E-state index < -0.39 is 22.0 Å². The van der Waals surface area contributed by atoms with Crippen molar-refractivity contribution in [1.82, 2.24) is 0 Å². The zero-order valence-corrected chi connectivity index (χ0v) is 18.9. The van der Waals surface area contributed by atoms with E-state index in [-0.39, 0.29) is 5.56 Å². The Labute approximate surface area is 203 Å². The molecule has 1 atom stereocenters. The molecule has 1 aliphatic carbocycles. The topological polar surface area (TPSA) is 69.2 Å². The molecule has 5 heteroatoms. The van der Waals surface area contributed by atoms with E-state index in [4.69, 9.17) is 5.73 Å². The van der Waals surface area contributed by atoms with E-state index in [9.17, 15) is 10.1 Å². The van der Waals surface area contributed by atoms with Gasteiger partial charge in [0.05, 0.1) is 10.5 Å². The molecule has 0 fully saturated rings. The number of halogens is 1. The summed E-state index contributed by atoms with van der Waals surface area (Å²) >= 11 is 0. The van der Waals surface area contributed by atoms with Gasteiger partial charge in [-0.05, 0) is 45.9 Å². The first-order valence-corrected chi connectivity index (χ1v) is 11.3. The summed E-state index contributed by atoms with van der Waals surface area (Å²) < 4.78 is 15.3. The van der Waals surface area contributed by atoms with Crippen molar-refractivity contribution in [3.05, 3.63) is 142 Å². The van der Waals surface area contributed by atoms with Crippen LogP contribution in [0.25, 0.3) is 27.8 Å². The lowest BCUT2D eigenvalue weighted by Crippen LogP contribution is -2.39. The van der Waals surface area contributed by atoms with Gasteiger partial charge in [0.2, 0.25) is 5.82 Å². The van der Waals surface area contributed by atoms with Gasteiger partial charge >= 0.3 is 5.69 Å². The molecule has 0 saturated heterocycles. The third-order valence-electron chi connectivity index (χ3n) is 6.47. The Morgan fingerprint density at radius 3 is 2.26 bits per heavy atom. The van der Waals surface area contributed by atoms with Gasteiger partial charge in [0.25, 0.3) is 0 Å². The third kappa shape index (κ3) is 4.07. The van der Waals surface area contributed by atoms with E-state index in [1.54, 1.807) is 12.1 Å². The predicted octanol–water partition coefficient (Wildman–Crippen LogP) is 7.27. The third-order valence-corrected chi connectivity index (χ3v) is 6.47. The molecule has 0 amide bonds. The summed E-state index contributed by atoms with van der Waals surface area (Å²) in [4.78, 5) is 10.7. The van der Waals surface area contributed by atoms with Crippen LogP contribution in [0.5, 0.6) is 0 Å². The van der Waals surface area contributed by atoms with Crippen LogP contribution in [0.2, 0.25) is 0 Å². The molecule has 4 nitrogen and oxygen atoms in total. The zero-order valence-electron chi connectivity index (χ0n) is 18.9. The van der Waals surface area contributed by atoms with E-state index in [0.29, 0.717) is 12.0 Å². The number of nitro benzene ring substituents is 1. The molecule has 4 aromatic carbocycles. The van der Waals surface area contributed by atoms with Crippen LogP contribution in [-0.4, -0.2) is 4.92 Å². The predicted molar refractivity (Wildman–Crippen MR) is 138 cm³/mol. The minimum Gasteiger partial charge on any atom is -0.317 e. The number of allylic oxidation sites excluding steroid dienone is 2. The van der Waals surface area contributed by atoms with Gasteiger partial charge in [-0.25, -0.2) is 0 Å². The summed E-state index contributed by atoms with van der Waals surface area (Å²) in [6.07, 6.45) is 5.94. The molecule has 4 aromatic rings. The molecule has 1 aliphatic rings. The van der Waals surface area contributed by atoms with Crippen LogP contribution in [0, 0.1) is 15.9 Å². The fourth-order valence-corrected chi connectivity index (χ4v) is 4.75. The number of benzene rings is 4. The number of nitro groups is 1. The van der Waals surface area contributed by atoms with Crippen molar-refractivity contribution < 1.29 is 9.31 Å². The molecule has 0 aliphatic heterocycles. The molecule has 172 valence electrons. The Morgan fingerprint density at radius 1 is 0.800 bits per heavy atom. The Morgan fingerprint density at radius 2 is 1.46 bits per heavy atom. The number of hydrogen-bond acceptors (Lipinski definition) is 3. The van der Waals surface area contributed by atoms with Crippen LogP contribution in [-0.2, 0) is 5.54 Å². The second kappa shape index (κ2) is 9.12. The van der Waals surface area contributed by atoms with Gasteiger partial charge < -0.3 is 5.73 Å². The average Bonchev–Trinajstić information content (AvgIpc) is 2.90. The second-order valence-electron chi connectivity index (χ2n) is 8.57. The highest BCUT2D eigenvalue weighted by molar-refractivity contribution is 5.84. The van der Waals surface area contributed by atoms with Gasteiger partial charge in [0, 0.05) is 11.6 Å². The van der Waals surface area contributed by atoms with Gasteiger partial charge in [0.15, 0.2) is 0 Å². The fourth-order valence-electron chi connectivity index (χ4n) is 4.75. The van der Waals surface area contributed by atoms with Crippen LogP contribution in [0.15, 0.2) is 115 Å². The summed E-state index contributed by atoms with van der Waals surface area (Å²) in [6, 6.07) is 30.4. The Balaban J connectivity index is 1.66. The van der Waals surface area contributed by atoms with Crippen LogP contribution < -0.4 is 5.73 Å². The molecule has 35 heavy (non-hydrogen) atoms. The fraction of sp³-hybridized carbons (Fsp3) is 0.0667. The first-order valence-electron chi connectivity index (χ1n) is 11.3. The van der Waals surface area contributed by atoms with Crippen LogP contribution in [0.1, 0.15) is 17.5 Å². The van der Waals surface area contributed by atoms with Crippen molar-refractivity contribution in [1.29, 1.82) is 0 Å². The van der Waals surface area contributed by atoms with Crippen molar-refractivity contribution in [2.45, 2.75) is 12.0 Å². The minimum absolute atomic E-state index is 0.138. The first kappa shape index (κ1) is 22.4. The molecule has 0 aromatic heterocycles. The quantitative estimate of drug-likeness (QED) is 0.251. The van der Waals surface area contributed by atoms with Crippen molar-refractivity contribution in [3.8, 4) is 22.3 Å². The Kier molecular flexibility index (Phi) is 5.85. The zero-order chi connectivity index (χ0) is 24.4. The lowest BCUT2D eigenvalue weighted by molar-refractivity contribution is -0.387. The van der Waals surface area contributed by atoms with Gasteiger partial charge in [0.1, 0.15) is 0 Å². The molecule has 0 radical (unpaired) electrons. The summed E-state index contributed by atoms with van der Waals surface area (Å²) in [5, 5.41) is 11.4. The summed E-state index contributed by atoms with van der Waals surface area (Å²) in [6.45, 7) is 0. The molecular weight excluding hydrogens is 439 g/mol. The maximum Gasteiger partial charge on any atom is 0.305 e. The van der Waals surface area contributed by atoms with Crippen LogP contribution in [0.4, 0.5) is 10.1 Å². The van der Waals surface area contributed by atoms with Gasteiger partial charge in [-0.2, -0.15) is 4.39 Å². The van der Waals surface area contributed by atoms with Crippen molar-refractivity contribution in [3.63, 3.8) is 0 Å². The molecule has 0 bridgehead atoms. The molecular formula is C30H23FN2O2. The highest BCUT2D eigenvalue weighted by Crippen LogP contribution is 2.45. The van der Waals surface area contributed by atoms with Crippen molar-refractivity contribution in [2.75, 3.05) is 0 Å². The second-order valence-corrected chi connectivity index (χ2v) is 8.57. The molecule has 0 saturated carbocycles. The highest BCUT2D eigenvalue weighted by Gasteiger charge is 2.37. The highest BCUT2D eigenvalue weighted by atomic mass is 19.1. The average molecular weight is 463 g/mol. The number of hydrogen-bond donors (Lipinski definition) is 1. The number of rotatable bonds is 5. The van der Waals surface area contributed by atoms with E-state index in [1.807, 2.05) is 66.7 Å². The lowest BCUT2D eigenvalue weighted by Gasteiger charge is -2.36. The van der Waals surface area contributed by atoms with Gasteiger partial charge in [-0.3, -0.25) is 10.1 Å². The SMILES string of the molecule is NC1(c2ccccc2-c2cccc(-c3ccccc3)c2)CC=CC=C1c1cccc([N+](=O)[O-])c1F. The molecule has 0 heterocycles. The first-order chi connectivity index (χ1) is 17.0. The summed E-state index contributed by atoms with van der Waals surface area (Å²) in [5.41, 5.74) is 11.0. The number of nitrogens with zero attached hydrogens (tertiary/aromatic N) is 1. The molecule has 5 rings (SSSR count). The van der Waals surface area contributed by atoms with Crippen LogP contribution in [0.3, 0.4) is 0 Å². The monoisotopic (exact) mass is 462 g/mol. The maximum absolute atomic E-state index is 15.3. The Hall–Kier alpha value is -4.35. The van der Waals surface area contributed by atoms with E-state index >= 15 is 4.39 Å². The van der Waals surface area contributed by atoms with E-state index in [0.717, 1.165) is 27.8 Å². The lowest BCUT2D eigenvalue weighted by atomic mass is 9.73. The molecule has 1 unspecified atom stereocenters. The molecule has 0 spiro atoms. The van der Waals surface area contributed by atoms with Crippen molar-refractivity contribution in [2.24, 2.45) is 5.73 Å². The standard InChI is InChI=1S/C30H23FN2O2/c31-29-25(15-9-18-28(29)33(34)35)27-17-6-7-19-30(27,32)26-16-5-4-14-24(26)23-13-8-12-22(20-23)21-10-2-1-3-11-21/h1-18,20H,19,32H2. The minimum atomic E-state index is -1.08. The summed E-state index contributed by atoms with van der Waals surface area (Å²) in [5.74, 6) is -0.877. The summed E-state index contributed by atoms with van der Waals surface area (Å²) in [7, 11) is 0. The van der Waals surface area contributed by atoms with E-state index in [2.05, 4.69) is 24.3 Å². The maximum atomic E-state index is 15.3. The van der Waals surface area contributed by atoms with Gasteiger partial charge in [-0.1, -0.05) is 103 Å². The van der Waals surface area contributed by atoms with Crippen LogP contribution >= 0.6 is 0 Å². The largest absolute Gasteiger partial charge is 0.317 e. The molecule has 2 N–H and O–H groups in total. The number of nitrogens with two attached hydrogens (primary N) is 1. The normalized spacial score (nSPS) is 17.1. The van der Waals surface area contributed by atoms with E-state index in [1.165, 1.54) is 12.1 Å². The Bertz CT molecular complexity index is 1480. The van der Waals surface area contributed by atoms with Crippen molar-refractivity contribution >= 4 is 11.3 Å². The smallest absolute Gasteiger partial charge is 0.305 e.